The minimum Gasteiger partial charge on any atom is -0.389 e. The van der Waals surface area contributed by atoms with Crippen LogP contribution in [0.15, 0.2) is 0 Å². The summed E-state index contributed by atoms with van der Waals surface area (Å²) in [7, 11) is 0. The normalized spacial score (nSPS) is 49.9. The molecule has 1 N–H and O–H groups in total. The summed E-state index contributed by atoms with van der Waals surface area (Å²) >= 11 is 0. The second-order valence-corrected chi connectivity index (χ2v) is 4.73. The molecule has 0 heterocycles. The minimum atomic E-state index is -0.956. The van der Waals surface area contributed by atoms with Gasteiger partial charge in [0.25, 0.3) is 0 Å². The van der Waals surface area contributed by atoms with Crippen molar-refractivity contribution < 1.29 is 14.7 Å². The number of hydrogen-bond donors (Lipinski definition) is 1. The molecule has 3 heteroatoms. The van der Waals surface area contributed by atoms with Crippen LogP contribution in [0.25, 0.3) is 0 Å². The molecule has 2 aliphatic rings. The number of fused-ring (bicyclic) bond motifs is 2. The maximum Gasteiger partial charge on any atom is 0.152 e. The van der Waals surface area contributed by atoms with E-state index in [2.05, 4.69) is 0 Å². The number of rotatable bonds is 0. The first-order valence-corrected chi connectivity index (χ1v) is 4.68. The SMILES string of the molecule is C[C@@]12CC[C@](C)(O)C(CC1=O)C2=O. The largest absolute Gasteiger partial charge is 0.389 e. The van der Waals surface area contributed by atoms with E-state index in [1.165, 1.54) is 0 Å². The lowest BCUT2D eigenvalue weighted by Gasteiger charge is -2.36. The van der Waals surface area contributed by atoms with Gasteiger partial charge >= 0.3 is 0 Å². The van der Waals surface area contributed by atoms with Crippen LogP contribution in [-0.4, -0.2) is 22.3 Å². The third kappa shape index (κ3) is 0.937. The number of carbonyl (C=O) groups is 2. The molecule has 0 aromatic carbocycles. The lowest BCUT2D eigenvalue weighted by Crippen LogP contribution is -2.46. The van der Waals surface area contributed by atoms with Crippen molar-refractivity contribution in [1.29, 1.82) is 0 Å². The molecule has 1 unspecified atom stereocenters. The Morgan fingerprint density at radius 1 is 1.31 bits per heavy atom. The van der Waals surface area contributed by atoms with Crippen LogP contribution in [0.2, 0.25) is 0 Å². The van der Waals surface area contributed by atoms with Crippen molar-refractivity contribution in [3.05, 3.63) is 0 Å². The molecule has 2 bridgehead atoms. The van der Waals surface area contributed by atoms with Crippen molar-refractivity contribution >= 4 is 11.6 Å². The zero-order chi connectivity index (χ0) is 9.85. The Morgan fingerprint density at radius 2 is 1.92 bits per heavy atom. The topological polar surface area (TPSA) is 54.4 Å². The third-order valence-electron chi connectivity index (χ3n) is 3.75. The fourth-order valence-corrected chi connectivity index (χ4v) is 2.47. The van der Waals surface area contributed by atoms with Gasteiger partial charge in [-0.15, -0.1) is 0 Å². The van der Waals surface area contributed by atoms with Crippen LogP contribution < -0.4 is 0 Å². The predicted molar refractivity (Wildman–Crippen MR) is 46.1 cm³/mol. The van der Waals surface area contributed by atoms with Crippen molar-refractivity contribution in [2.75, 3.05) is 0 Å². The molecule has 0 radical (unpaired) electrons. The van der Waals surface area contributed by atoms with E-state index in [0.717, 1.165) is 0 Å². The second-order valence-electron chi connectivity index (χ2n) is 4.73. The van der Waals surface area contributed by atoms with Crippen molar-refractivity contribution in [2.24, 2.45) is 11.3 Å². The molecule has 2 fully saturated rings. The van der Waals surface area contributed by atoms with Gasteiger partial charge in [-0.3, -0.25) is 9.59 Å². The molecule has 0 amide bonds. The molecule has 2 aliphatic carbocycles. The number of hydrogen-bond acceptors (Lipinski definition) is 3. The van der Waals surface area contributed by atoms with Crippen LogP contribution in [0.1, 0.15) is 33.1 Å². The number of ketones is 2. The lowest BCUT2D eigenvalue weighted by molar-refractivity contribution is -0.144. The van der Waals surface area contributed by atoms with Crippen LogP contribution in [0.3, 0.4) is 0 Å². The van der Waals surface area contributed by atoms with Gasteiger partial charge in [0.2, 0.25) is 0 Å². The first-order chi connectivity index (χ1) is 5.88. The van der Waals surface area contributed by atoms with Gasteiger partial charge in [-0.25, -0.2) is 0 Å². The minimum absolute atomic E-state index is 0.0141. The van der Waals surface area contributed by atoms with E-state index in [1.807, 2.05) is 0 Å². The molecule has 2 saturated carbocycles. The van der Waals surface area contributed by atoms with Crippen LogP contribution in [0.4, 0.5) is 0 Å². The molecule has 0 saturated heterocycles. The summed E-state index contributed by atoms with van der Waals surface area (Å²) < 4.78 is 0. The fourth-order valence-electron chi connectivity index (χ4n) is 2.47. The van der Waals surface area contributed by atoms with Crippen LogP contribution >= 0.6 is 0 Å². The molecule has 3 atom stereocenters. The standard InChI is InChI=1S/C10H14O3/c1-9-3-4-10(2,13)6(8(9)12)5-7(9)11/h6,13H,3-5H2,1-2H3/t6?,9-,10+/m1/s1. The highest BCUT2D eigenvalue weighted by Gasteiger charge is 2.60. The Kier molecular flexibility index (Phi) is 1.51. The number of aliphatic hydroxyl groups is 1. The zero-order valence-electron chi connectivity index (χ0n) is 7.96. The van der Waals surface area contributed by atoms with Crippen LogP contribution in [-0.2, 0) is 9.59 Å². The predicted octanol–water partition coefficient (Wildman–Crippen LogP) is 0.696. The average Bonchev–Trinajstić information content (AvgIpc) is 2.21. The summed E-state index contributed by atoms with van der Waals surface area (Å²) in [5.74, 6) is -0.479. The quantitative estimate of drug-likeness (QED) is 0.561. The smallest absolute Gasteiger partial charge is 0.152 e. The summed E-state index contributed by atoms with van der Waals surface area (Å²) in [6.07, 6.45) is 1.31. The van der Waals surface area contributed by atoms with E-state index in [1.54, 1.807) is 13.8 Å². The van der Waals surface area contributed by atoms with Crippen LogP contribution in [0.5, 0.6) is 0 Å². The molecule has 0 spiro atoms. The van der Waals surface area contributed by atoms with Gasteiger partial charge < -0.3 is 5.11 Å². The molecular weight excluding hydrogens is 168 g/mol. The van der Waals surface area contributed by atoms with Crippen molar-refractivity contribution in [2.45, 2.75) is 38.7 Å². The van der Waals surface area contributed by atoms with E-state index in [9.17, 15) is 14.7 Å². The summed E-state index contributed by atoms with van der Waals surface area (Å²) in [5.41, 5.74) is -1.73. The molecule has 0 aromatic rings. The van der Waals surface area contributed by atoms with Crippen molar-refractivity contribution in [3.63, 3.8) is 0 Å². The second kappa shape index (κ2) is 2.21. The van der Waals surface area contributed by atoms with E-state index in [4.69, 9.17) is 0 Å². The summed E-state index contributed by atoms with van der Waals surface area (Å²) in [4.78, 5) is 23.3. The molecule has 72 valence electrons. The van der Waals surface area contributed by atoms with E-state index < -0.39 is 16.9 Å². The molecule has 0 aromatic heterocycles. The molecule has 13 heavy (non-hydrogen) atoms. The number of carbonyl (C=O) groups excluding carboxylic acids is 2. The molecular formula is C10H14O3. The van der Waals surface area contributed by atoms with Gasteiger partial charge in [-0.2, -0.15) is 0 Å². The third-order valence-corrected chi connectivity index (χ3v) is 3.75. The summed E-state index contributed by atoms with van der Waals surface area (Å²) in [6, 6.07) is 0. The Hall–Kier alpha value is -0.700. The molecule has 3 nitrogen and oxygen atoms in total. The van der Waals surface area contributed by atoms with Gasteiger partial charge in [-0.1, -0.05) is 0 Å². The highest BCUT2D eigenvalue weighted by molar-refractivity contribution is 6.14. The average molecular weight is 182 g/mol. The Labute approximate surface area is 77.1 Å². The first-order valence-electron chi connectivity index (χ1n) is 4.68. The van der Waals surface area contributed by atoms with Gasteiger partial charge in [0, 0.05) is 6.42 Å². The first kappa shape index (κ1) is 8.88. The van der Waals surface area contributed by atoms with Crippen molar-refractivity contribution in [3.8, 4) is 0 Å². The monoisotopic (exact) mass is 182 g/mol. The maximum absolute atomic E-state index is 11.8. The highest BCUT2D eigenvalue weighted by atomic mass is 16.3. The van der Waals surface area contributed by atoms with E-state index in [-0.39, 0.29) is 18.0 Å². The van der Waals surface area contributed by atoms with E-state index >= 15 is 0 Å². The van der Waals surface area contributed by atoms with Gasteiger partial charge in [-0.05, 0) is 26.7 Å². The summed E-state index contributed by atoms with van der Waals surface area (Å²) in [6.45, 7) is 3.38. The van der Waals surface area contributed by atoms with Gasteiger partial charge in [0.1, 0.15) is 5.78 Å². The Bertz CT molecular complexity index is 293. The number of Topliss-reactive ketones (excluding diaryl/α,β-unsaturated/α-hetero) is 2. The zero-order valence-corrected chi connectivity index (χ0v) is 7.96. The summed E-state index contributed by atoms with van der Waals surface area (Å²) in [5, 5.41) is 9.89. The Balaban J connectivity index is 2.44. The molecule has 0 aliphatic heterocycles. The maximum atomic E-state index is 11.8. The Morgan fingerprint density at radius 3 is 2.46 bits per heavy atom. The van der Waals surface area contributed by atoms with E-state index in [0.29, 0.717) is 12.8 Å². The molecule has 2 rings (SSSR count). The highest BCUT2D eigenvalue weighted by Crippen LogP contribution is 2.49. The van der Waals surface area contributed by atoms with Crippen molar-refractivity contribution in [1.82, 2.24) is 0 Å². The van der Waals surface area contributed by atoms with Crippen LogP contribution in [0, 0.1) is 11.3 Å². The fraction of sp³-hybridized carbons (Fsp3) is 0.800. The van der Waals surface area contributed by atoms with Gasteiger partial charge in [0.15, 0.2) is 5.78 Å². The van der Waals surface area contributed by atoms with Gasteiger partial charge in [0.05, 0.1) is 16.9 Å². The lowest BCUT2D eigenvalue weighted by atomic mass is 9.69.